The highest BCUT2D eigenvalue weighted by Gasteiger charge is 2.27. The molecule has 21 heavy (non-hydrogen) atoms. The van der Waals surface area contributed by atoms with E-state index in [9.17, 15) is 13.2 Å². The molecule has 0 atom stereocenters. The Balaban J connectivity index is 3.26. The van der Waals surface area contributed by atoms with Gasteiger partial charge in [-0.25, -0.2) is 17.9 Å². The van der Waals surface area contributed by atoms with Crippen LogP contribution >= 0.6 is 0 Å². The van der Waals surface area contributed by atoms with Gasteiger partial charge in [0.15, 0.2) is 0 Å². The number of benzene rings is 1. The van der Waals surface area contributed by atoms with Gasteiger partial charge in [0.2, 0.25) is 10.0 Å². The van der Waals surface area contributed by atoms with E-state index in [-0.39, 0.29) is 22.8 Å². The molecule has 0 bridgehead atoms. The Morgan fingerprint density at radius 3 is 2.48 bits per heavy atom. The van der Waals surface area contributed by atoms with Crippen LogP contribution in [0.2, 0.25) is 0 Å². The van der Waals surface area contributed by atoms with Crippen LogP contribution in [0.1, 0.15) is 31.1 Å². The van der Waals surface area contributed by atoms with E-state index in [2.05, 4.69) is 4.72 Å². The number of rotatable bonds is 7. The average molecular weight is 317 g/mol. The molecule has 0 saturated heterocycles. The predicted octanol–water partition coefficient (Wildman–Crippen LogP) is 0.833. The van der Waals surface area contributed by atoms with Gasteiger partial charge in [0.25, 0.3) is 0 Å². The molecule has 0 aromatic heterocycles. The van der Waals surface area contributed by atoms with Crippen LogP contribution in [0.4, 0.5) is 0 Å². The van der Waals surface area contributed by atoms with Gasteiger partial charge in [-0.15, -0.1) is 0 Å². The Morgan fingerprint density at radius 2 is 2.00 bits per heavy atom. The van der Waals surface area contributed by atoms with E-state index in [1.807, 2.05) is 0 Å². The number of hydrogen-bond acceptors (Lipinski definition) is 5. The van der Waals surface area contributed by atoms with Gasteiger partial charge in [-0.3, -0.25) is 0 Å². The predicted molar refractivity (Wildman–Crippen MR) is 76.1 cm³/mol. The highest BCUT2D eigenvalue weighted by Crippen LogP contribution is 2.23. The van der Waals surface area contributed by atoms with E-state index in [1.165, 1.54) is 26.0 Å². The maximum atomic E-state index is 12.2. The summed E-state index contributed by atoms with van der Waals surface area (Å²) in [6, 6.07) is 3.59. The molecule has 0 amide bonds. The van der Waals surface area contributed by atoms with Crippen LogP contribution in [0.3, 0.4) is 0 Å². The lowest BCUT2D eigenvalue weighted by Gasteiger charge is -2.23. The third-order valence-electron chi connectivity index (χ3n) is 2.60. The highest BCUT2D eigenvalue weighted by molar-refractivity contribution is 7.89. The van der Waals surface area contributed by atoms with E-state index < -0.39 is 28.1 Å². The van der Waals surface area contributed by atoms with Crippen molar-refractivity contribution >= 4 is 16.0 Å². The first-order valence-corrected chi connectivity index (χ1v) is 7.76. The van der Waals surface area contributed by atoms with Crippen LogP contribution in [-0.4, -0.2) is 43.4 Å². The first-order chi connectivity index (χ1) is 9.63. The minimum absolute atomic E-state index is 0.102. The van der Waals surface area contributed by atoms with Crippen molar-refractivity contribution in [1.29, 1.82) is 0 Å². The molecule has 0 fully saturated rings. The first-order valence-electron chi connectivity index (χ1n) is 6.28. The topological polar surface area (TPSA) is 113 Å². The highest BCUT2D eigenvalue weighted by atomic mass is 32.2. The lowest BCUT2D eigenvalue weighted by atomic mass is 10.1. The molecule has 0 aliphatic carbocycles. The summed E-state index contributed by atoms with van der Waals surface area (Å²) in [6.45, 7) is 4.59. The summed E-state index contributed by atoms with van der Waals surface area (Å²) >= 11 is 0. The average Bonchev–Trinajstić information content (AvgIpc) is 2.38. The second-order valence-electron chi connectivity index (χ2n) is 5.04. The summed E-state index contributed by atoms with van der Waals surface area (Å²) in [5, 5.41) is 18.2. The van der Waals surface area contributed by atoms with Crippen LogP contribution < -0.4 is 9.46 Å². The van der Waals surface area contributed by atoms with Crippen molar-refractivity contribution in [2.45, 2.75) is 31.2 Å². The lowest BCUT2D eigenvalue weighted by molar-refractivity contribution is 0.0692. The molecule has 1 aromatic rings. The van der Waals surface area contributed by atoms with E-state index in [0.717, 1.165) is 6.07 Å². The standard InChI is InChI=1S/C13H19NO6S/c1-4-20-11-6-5-9(7-10(11)12(16)17)21(18,19)14-13(2,3)8-15/h5-7,14-15H,4,8H2,1-3H3,(H,16,17). The summed E-state index contributed by atoms with van der Waals surface area (Å²) in [7, 11) is -3.95. The maximum Gasteiger partial charge on any atom is 0.339 e. The number of aliphatic hydroxyl groups is 1. The largest absolute Gasteiger partial charge is 0.493 e. The fourth-order valence-corrected chi connectivity index (χ4v) is 3.01. The summed E-state index contributed by atoms with van der Waals surface area (Å²) < 4.78 is 31.8. The van der Waals surface area contributed by atoms with Gasteiger partial charge in [-0.2, -0.15) is 0 Å². The smallest absolute Gasteiger partial charge is 0.339 e. The third-order valence-corrected chi connectivity index (χ3v) is 4.29. The number of carboxylic acid groups (broad SMARTS) is 1. The van der Waals surface area contributed by atoms with Gasteiger partial charge in [0.05, 0.1) is 23.6 Å². The number of aliphatic hydroxyl groups excluding tert-OH is 1. The molecule has 1 aromatic carbocycles. The minimum Gasteiger partial charge on any atom is -0.493 e. The number of aromatic carboxylic acids is 1. The monoisotopic (exact) mass is 317 g/mol. The molecule has 0 aliphatic rings. The van der Waals surface area contributed by atoms with E-state index in [1.54, 1.807) is 6.92 Å². The maximum absolute atomic E-state index is 12.2. The van der Waals surface area contributed by atoms with Crippen molar-refractivity contribution in [3.63, 3.8) is 0 Å². The van der Waals surface area contributed by atoms with E-state index >= 15 is 0 Å². The van der Waals surface area contributed by atoms with Gasteiger partial charge in [0.1, 0.15) is 11.3 Å². The fraction of sp³-hybridized carbons (Fsp3) is 0.462. The van der Waals surface area contributed by atoms with Crippen LogP contribution in [-0.2, 0) is 10.0 Å². The molecule has 0 heterocycles. The van der Waals surface area contributed by atoms with Crippen LogP contribution in [0, 0.1) is 0 Å². The van der Waals surface area contributed by atoms with Crippen molar-refractivity contribution in [3.8, 4) is 5.75 Å². The van der Waals surface area contributed by atoms with E-state index in [4.69, 9.17) is 14.9 Å². The Kier molecular flexibility index (Phi) is 5.32. The van der Waals surface area contributed by atoms with Crippen molar-refractivity contribution in [2.75, 3.05) is 13.2 Å². The third kappa shape index (κ3) is 4.42. The quantitative estimate of drug-likeness (QED) is 0.686. The summed E-state index contributed by atoms with van der Waals surface area (Å²) in [4.78, 5) is 11.0. The summed E-state index contributed by atoms with van der Waals surface area (Å²) in [6.07, 6.45) is 0. The number of carbonyl (C=O) groups is 1. The molecule has 118 valence electrons. The van der Waals surface area contributed by atoms with Gasteiger partial charge in [0, 0.05) is 0 Å². The number of nitrogens with one attached hydrogen (secondary N) is 1. The Bertz CT molecular complexity index is 624. The zero-order valence-corrected chi connectivity index (χ0v) is 12.9. The molecule has 0 unspecified atom stereocenters. The Hall–Kier alpha value is -1.64. The van der Waals surface area contributed by atoms with E-state index in [0.29, 0.717) is 0 Å². The molecular formula is C13H19NO6S. The molecule has 0 aliphatic heterocycles. The number of carboxylic acids is 1. The van der Waals surface area contributed by atoms with Crippen LogP contribution in [0.25, 0.3) is 0 Å². The van der Waals surface area contributed by atoms with Crippen LogP contribution in [0.15, 0.2) is 23.1 Å². The van der Waals surface area contributed by atoms with Crippen molar-refractivity contribution < 1.29 is 28.2 Å². The molecule has 0 spiro atoms. The summed E-state index contributed by atoms with van der Waals surface area (Å²) in [5.41, 5.74) is -1.29. The zero-order valence-electron chi connectivity index (χ0n) is 12.1. The molecule has 1 rings (SSSR count). The van der Waals surface area contributed by atoms with Gasteiger partial charge < -0.3 is 14.9 Å². The van der Waals surface area contributed by atoms with Crippen LogP contribution in [0.5, 0.6) is 5.75 Å². The first kappa shape index (κ1) is 17.4. The lowest BCUT2D eigenvalue weighted by Crippen LogP contribution is -2.46. The Labute approximate surface area is 123 Å². The molecule has 7 nitrogen and oxygen atoms in total. The summed E-state index contributed by atoms with van der Waals surface area (Å²) in [5.74, 6) is -1.18. The normalized spacial score (nSPS) is 12.2. The molecule has 3 N–H and O–H groups in total. The number of hydrogen-bond donors (Lipinski definition) is 3. The van der Waals surface area contributed by atoms with Gasteiger partial charge in [-0.05, 0) is 39.0 Å². The van der Waals surface area contributed by atoms with Crippen molar-refractivity contribution in [3.05, 3.63) is 23.8 Å². The van der Waals surface area contributed by atoms with Gasteiger partial charge >= 0.3 is 5.97 Å². The number of ether oxygens (including phenoxy) is 1. The van der Waals surface area contributed by atoms with Crippen molar-refractivity contribution in [1.82, 2.24) is 4.72 Å². The minimum atomic E-state index is -3.95. The molecule has 0 radical (unpaired) electrons. The fourth-order valence-electron chi connectivity index (χ4n) is 1.58. The SMILES string of the molecule is CCOc1ccc(S(=O)(=O)NC(C)(C)CO)cc1C(=O)O. The molecule has 8 heteroatoms. The van der Waals surface area contributed by atoms with Crippen molar-refractivity contribution in [2.24, 2.45) is 0 Å². The second-order valence-corrected chi connectivity index (χ2v) is 6.73. The zero-order chi connectivity index (χ0) is 16.3. The van der Waals surface area contributed by atoms with Gasteiger partial charge in [-0.1, -0.05) is 0 Å². The second kappa shape index (κ2) is 6.42. The molecular weight excluding hydrogens is 298 g/mol. The Morgan fingerprint density at radius 1 is 1.38 bits per heavy atom. The number of sulfonamides is 1. The molecule has 0 saturated carbocycles.